The molecule has 0 amide bonds. The van der Waals surface area contributed by atoms with Crippen molar-refractivity contribution in [2.75, 3.05) is 59.9 Å². The van der Waals surface area contributed by atoms with E-state index in [1.165, 1.54) is 12.1 Å². The first-order valence-corrected chi connectivity index (χ1v) is 10.4. The molecule has 2 rings (SSSR count). The van der Waals surface area contributed by atoms with E-state index in [9.17, 15) is 13.2 Å². The van der Waals surface area contributed by atoms with Gasteiger partial charge in [0.1, 0.15) is 0 Å². The highest BCUT2D eigenvalue weighted by atomic mass is 19.4. The summed E-state index contributed by atoms with van der Waals surface area (Å²) in [4.78, 5) is 11.2. The molecule has 0 saturated carbocycles. The highest BCUT2D eigenvalue weighted by molar-refractivity contribution is 5.79. The van der Waals surface area contributed by atoms with Crippen LogP contribution in [0.5, 0.6) is 0 Å². The van der Waals surface area contributed by atoms with Gasteiger partial charge in [0.25, 0.3) is 0 Å². The van der Waals surface area contributed by atoms with Crippen molar-refractivity contribution in [1.29, 1.82) is 0 Å². The average Bonchev–Trinajstić information content (AvgIpc) is 2.70. The van der Waals surface area contributed by atoms with Crippen molar-refractivity contribution in [3.05, 3.63) is 35.4 Å². The maximum absolute atomic E-state index is 12.7. The van der Waals surface area contributed by atoms with Crippen LogP contribution in [0.2, 0.25) is 0 Å². The highest BCUT2D eigenvalue weighted by Gasteiger charge is 2.29. The zero-order chi connectivity index (χ0) is 21.3. The van der Waals surface area contributed by atoms with Gasteiger partial charge in [-0.15, -0.1) is 0 Å². The van der Waals surface area contributed by atoms with Crippen molar-refractivity contribution in [2.24, 2.45) is 4.99 Å². The van der Waals surface area contributed by atoms with Crippen LogP contribution in [0.4, 0.5) is 13.2 Å². The summed E-state index contributed by atoms with van der Waals surface area (Å²) in [6.45, 7) is 10.4. The number of piperazine rings is 1. The maximum Gasteiger partial charge on any atom is 0.416 e. The van der Waals surface area contributed by atoms with Crippen LogP contribution in [0.15, 0.2) is 29.3 Å². The Labute approximate surface area is 172 Å². The topological polar surface area (TPSA) is 34.1 Å². The largest absolute Gasteiger partial charge is 0.416 e. The Morgan fingerprint density at radius 2 is 1.69 bits per heavy atom. The van der Waals surface area contributed by atoms with Crippen LogP contribution in [0, 0.1) is 0 Å². The molecule has 1 aromatic rings. The van der Waals surface area contributed by atoms with E-state index in [4.69, 9.17) is 0 Å². The fourth-order valence-corrected chi connectivity index (χ4v) is 3.52. The summed E-state index contributed by atoms with van der Waals surface area (Å²) < 4.78 is 38.0. The molecule has 164 valence electrons. The number of hydrogen-bond acceptors (Lipinski definition) is 3. The molecule has 29 heavy (non-hydrogen) atoms. The highest BCUT2D eigenvalue weighted by Crippen LogP contribution is 2.29. The second-order valence-corrected chi connectivity index (χ2v) is 7.51. The van der Waals surface area contributed by atoms with Crippen LogP contribution >= 0.6 is 0 Å². The van der Waals surface area contributed by atoms with Crippen molar-refractivity contribution in [3.63, 3.8) is 0 Å². The van der Waals surface area contributed by atoms with Crippen LogP contribution in [-0.2, 0) is 12.7 Å². The van der Waals surface area contributed by atoms with Gasteiger partial charge in [-0.25, -0.2) is 0 Å². The number of nitrogens with one attached hydrogen (secondary N) is 1. The van der Waals surface area contributed by atoms with Gasteiger partial charge < -0.3 is 20.0 Å². The quantitative estimate of drug-likeness (QED) is 0.403. The van der Waals surface area contributed by atoms with Gasteiger partial charge in [0.2, 0.25) is 0 Å². The van der Waals surface area contributed by atoms with Crippen LogP contribution < -0.4 is 5.32 Å². The number of halogens is 3. The first-order chi connectivity index (χ1) is 13.8. The van der Waals surface area contributed by atoms with Crippen LogP contribution in [0.1, 0.15) is 30.9 Å². The molecule has 1 heterocycles. The number of alkyl halides is 3. The number of benzene rings is 1. The van der Waals surface area contributed by atoms with Crippen molar-refractivity contribution >= 4 is 5.96 Å². The number of guanidine groups is 1. The van der Waals surface area contributed by atoms with E-state index in [0.29, 0.717) is 6.54 Å². The van der Waals surface area contributed by atoms with E-state index in [1.807, 2.05) is 11.9 Å². The van der Waals surface area contributed by atoms with E-state index >= 15 is 0 Å². The van der Waals surface area contributed by atoms with Crippen molar-refractivity contribution in [2.45, 2.75) is 32.5 Å². The molecular formula is C21H34F3N5. The molecule has 1 aliphatic rings. The molecule has 1 aromatic carbocycles. The monoisotopic (exact) mass is 413 g/mol. The number of aliphatic imine (C=N–C) groups is 1. The van der Waals surface area contributed by atoms with Gasteiger partial charge in [0.15, 0.2) is 5.96 Å². The molecule has 1 fully saturated rings. The Kier molecular flexibility index (Phi) is 9.23. The molecule has 0 aliphatic carbocycles. The van der Waals surface area contributed by atoms with E-state index in [1.54, 1.807) is 7.05 Å². The minimum Gasteiger partial charge on any atom is -0.356 e. The molecular weight excluding hydrogens is 379 g/mol. The lowest BCUT2D eigenvalue weighted by molar-refractivity contribution is -0.137. The normalized spacial score (nSPS) is 16.8. The maximum atomic E-state index is 12.7. The smallest absolute Gasteiger partial charge is 0.356 e. The lowest BCUT2D eigenvalue weighted by Crippen LogP contribution is -2.46. The van der Waals surface area contributed by atoms with Crippen LogP contribution in [0.3, 0.4) is 0 Å². The Bertz CT molecular complexity index is 622. The molecule has 0 spiro atoms. The van der Waals surface area contributed by atoms with Gasteiger partial charge in [-0.05, 0) is 43.6 Å². The lowest BCUT2D eigenvalue weighted by atomic mass is 10.1. The van der Waals surface area contributed by atoms with Gasteiger partial charge in [-0.1, -0.05) is 19.1 Å². The van der Waals surface area contributed by atoms with Crippen LogP contribution in [-0.4, -0.2) is 80.6 Å². The standard InChI is InChI=1S/C21H34F3N5/c1-4-28-13-15-29(16-14-28)12-6-5-11-26-20(25-2)27(3)17-18-7-9-19(10-8-18)21(22,23)24/h7-10H,4-6,11-17H2,1-3H3,(H,25,26). The van der Waals surface area contributed by atoms with Gasteiger partial charge in [-0.2, -0.15) is 13.2 Å². The SMILES string of the molecule is CCN1CCN(CCCCNC(=NC)N(C)Cc2ccc(C(F)(F)F)cc2)CC1. The van der Waals surface area contributed by atoms with Gasteiger partial charge in [0, 0.05) is 53.4 Å². The third kappa shape index (κ3) is 7.85. The van der Waals surface area contributed by atoms with E-state index < -0.39 is 11.7 Å². The van der Waals surface area contributed by atoms with E-state index in [2.05, 4.69) is 27.0 Å². The summed E-state index contributed by atoms with van der Waals surface area (Å²) in [6, 6.07) is 5.29. The zero-order valence-corrected chi connectivity index (χ0v) is 17.8. The summed E-state index contributed by atoms with van der Waals surface area (Å²) in [5.41, 5.74) is 0.192. The second-order valence-electron chi connectivity index (χ2n) is 7.51. The molecule has 1 N–H and O–H groups in total. The summed E-state index contributed by atoms with van der Waals surface area (Å²) >= 11 is 0. The third-order valence-electron chi connectivity index (χ3n) is 5.37. The number of unbranched alkanes of at least 4 members (excludes halogenated alkanes) is 1. The summed E-state index contributed by atoms with van der Waals surface area (Å²) in [5.74, 6) is 0.751. The molecule has 0 bridgehead atoms. The molecule has 1 aliphatic heterocycles. The Hall–Kier alpha value is -1.80. The molecule has 5 nitrogen and oxygen atoms in total. The molecule has 0 atom stereocenters. The first kappa shape index (κ1) is 23.5. The van der Waals surface area contributed by atoms with Gasteiger partial charge >= 0.3 is 6.18 Å². The predicted molar refractivity (Wildman–Crippen MR) is 112 cm³/mol. The Morgan fingerprint density at radius 3 is 2.24 bits per heavy atom. The Morgan fingerprint density at radius 1 is 1.07 bits per heavy atom. The first-order valence-electron chi connectivity index (χ1n) is 10.4. The average molecular weight is 414 g/mol. The fourth-order valence-electron chi connectivity index (χ4n) is 3.52. The minimum atomic E-state index is -4.30. The van der Waals surface area contributed by atoms with Gasteiger partial charge in [-0.3, -0.25) is 4.99 Å². The number of likely N-dealkylation sites (N-methyl/N-ethyl adjacent to an activating group) is 1. The number of hydrogen-bond donors (Lipinski definition) is 1. The summed E-state index contributed by atoms with van der Waals surface area (Å²) in [6.07, 6.45) is -2.11. The lowest BCUT2D eigenvalue weighted by Gasteiger charge is -2.34. The molecule has 0 radical (unpaired) electrons. The summed E-state index contributed by atoms with van der Waals surface area (Å²) in [7, 11) is 3.61. The van der Waals surface area contributed by atoms with Crippen molar-refractivity contribution in [1.82, 2.24) is 20.0 Å². The molecule has 0 unspecified atom stereocenters. The minimum absolute atomic E-state index is 0.500. The van der Waals surface area contributed by atoms with E-state index in [-0.39, 0.29) is 0 Å². The molecule has 1 saturated heterocycles. The molecule has 8 heteroatoms. The number of nitrogens with zero attached hydrogens (tertiary/aromatic N) is 4. The Balaban J connectivity index is 1.67. The molecule has 0 aromatic heterocycles. The third-order valence-corrected chi connectivity index (χ3v) is 5.37. The summed E-state index contributed by atoms with van der Waals surface area (Å²) in [5, 5.41) is 3.35. The zero-order valence-electron chi connectivity index (χ0n) is 17.8. The van der Waals surface area contributed by atoms with Crippen molar-refractivity contribution in [3.8, 4) is 0 Å². The second kappa shape index (κ2) is 11.4. The van der Waals surface area contributed by atoms with Crippen molar-refractivity contribution < 1.29 is 13.2 Å². The van der Waals surface area contributed by atoms with E-state index in [0.717, 1.165) is 82.3 Å². The predicted octanol–water partition coefficient (Wildman–Crippen LogP) is 3.13. The fraction of sp³-hybridized carbons (Fsp3) is 0.667. The van der Waals surface area contributed by atoms with Crippen LogP contribution in [0.25, 0.3) is 0 Å². The van der Waals surface area contributed by atoms with Gasteiger partial charge in [0.05, 0.1) is 5.56 Å². The number of rotatable bonds is 8.